The van der Waals surface area contributed by atoms with Gasteiger partial charge in [0.2, 0.25) is 0 Å². The highest BCUT2D eigenvalue weighted by Crippen LogP contribution is 2.35. The zero-order valence-electron chi connectivity index (χ0n) is 17.4. The molecule has 0 bridgehead atoms. The molecule has 0 radical (unpaired) electrons. The Hall–Kier alpha value is -3.81. The summed E-state index contributed by atoms with van der Waals surface area (Å²) < 4.78 is 2.34. The second-order valence-electron chi connectivity index (χ2n) is 8.01. The van der Waals surface area contributed by atoms with E-state index in [0.717, 1.165) is 16.1 Å². The molecule has 0 aliphatic heterocycles. The Labute approximate surface area is 192 Å². The van der Waals surface area contributed by atoms with Crippen LogP contribution in [-0.2, 0) is 0 Å². The summed E-state index contributed by atoms with van der Waals surface area (Å²) in [6, 6.07) is 42.6. The molecule has 2 heteroatoms. The van der Waals surface area contributed by atoms with Gasteiger partial charge in [-0.2, -0.15) is 0 Å². The maximum atomic E-state index is 6.17. The molecule has 1 heterocycles. The Bertz CT molecular complexity index is 1560. The fourth-order valence-electron chi connectivity index (χ4n) is 4.53. The third-order valence-corrected chi connectivity index (χ3v) is 6.30. The second-order valence-corrected chi connectivity index (χ2v) is 8.44. The van der Waals surface area contributed by atoms with Gasteiger partial charge in [-0.05, 0) is 64.7 Å². The molecule has 6 aromatic rings. The highest BCUT2D eigenvalue weighted by atomic mass is 35.5. The SMILES string of the molecule is Clc1cccc(-c2ccc(-c3ccc4c(c3)c3ccccc3n4-c3ccccc3)cc2)c1. The molecule has 0 aliphatic carbocycles. The molecule has 5 aromatic carbocycles. The quantitative estimate of drug-likeness (QED) is 0.265. The van der Waals surface area contributed by atoms with Crippen LogP contribution in [0.4, 0.5) is 0 Å². The first-order valence-corrected chi connectivity index (χ1v) is 11.1. The van der Waals surface area contributed by atoms with E-state index in [-0.39, 0.29) is 0 Å². The Morgan fingerprint density at radius 1 is 0.438 bits per heavy atom. The monoisotopic (exact) mass is 429 g/mol. The summed E-state index contributed by atoms with van der Waals surface area (Å²) >= 11 is 6.17. The summed E-state index contributed by atoms with van der Waals surface area (Å²) in [6.45, 7) is 0. The number of aromatic nitrogens is 1. The van der Waals surface area contributed by atoms with Crippen LogP contribution in [0.2, 0.25) is 5.02 Å². The third-order valence-electron chi connectivity index (χ3n) is 6.06. The lowest BCUT2D eigenvalue weighted by molar-refractivity contribution is 1.18. The molecule has 0 fully saturated rings. The highest BCUT2D eigenvalue weighted by Gasteiger charge is 2.12. The van der Waals surface area contributed by atoms with E-state index in [1.807, 2.05) is 18.2 Å². The lowest BCUT2D eigenvalue weighted by Gasteiger charge is -2.08. The van der Waals surface area contributed by atoms with Gasteiger partial charge in [0.25, 0.3) is 0 Å². The molecule has 0 saturated heterocycles. The molecule has 6 rings (SSSR count). The van der Waals surface area contributed by atoms with Crippen LogP contribution in [0.25, 0.3) is 49.7 Å². The molecule has 152 valence electrons. The van der Waals surface area contributed by atoms with E-state index < -0.39 is 0 Å². The Morgan fingerprint density at radius 3 is 1.81 bits per heavy atom. The molecule has 0 amide bonds. The summed E-state index contributed by atoms with van der Waals surface area (Å²) in [7, 11) is 0. The van der Waals surface area contributed by atoms with Gasteiger partial charge in [-0.15, -0.1) is 0 Å². The first-order chi connectivity index (χ1) is 15.8. The topological polar surface area (TPSA) is 4.93 Å². The summed E-state index contributed by atoms with van der Waals surface area (Å²) in [5.74, 6) is 0. The van der Waals surface area contributed by atoms with Gasteiger partial charge < -0.3 is 4.57 Å². The zero-order valence-corrected chi connectivity index (χ0v) is 18.1. The lowest BCUT2D eigenvalue weighted by atomic mass is 9.99. The molecule has 0 unspecified atom stereocenters. The molecule has 0 aliphatic rings. The predicted molar refractivity (Wildman–Crippen MR) is 137 cm³/mol. The van der Waals surface area contributed by atoms with Crippen LogP contribution >= 0.6 is 11.6 Å². The Morgan fingerprint density at radius 2 is 1.06 bits per heavy atom. The van der Waals surface area contributed by atoms with Crippen molar-refractivity contribution in [1.29, 1.82) is 0 Å². The summed E-state index contributed by atoms with van der Waals surface area (Å²) in [4.78, 5) is 0. The van der Waals surface area contributed by atoms with Crippen molar-refractivity contribution in [1.82, 2.24) is 4.57 Å². The van der Waals surface area contributed by atoms with Crippen LogP contribution in [0, 0.1) is 0 Å². The number of hydrogen-bond donors (Lipinski definition) is 0. The van der Waals surface area contributed by atoms with Crippen LogP contribution in [0.5, 0.6) is 0 Å². The van der Waals surface area contributed by atoms with Crippen LogP contribution < -0.4 is 0 Å². The fourth-order valence-corrected chi connectivity index (χ4v) is 4.72. The minimum atomic E-state index is 0.756. The number of nitrogens with zero attached hydrogens (tertiary/aromatic N) is 1. The van der Waals surface area contributed by atoms with Gasteiger partial charge in [-0.1, -0.05) is 90.5 Å². The normalized spacial score (nSPS) is 11.3. The molecule has 0 atom stereocenters. The highest BCUT2D eigenvalue weighted by molar-refractivity contribution is 6.30. The molecule has 0 N–H and O–H groups in total. The van der Waals surface area contributed by atoms with E-state index in [2.05, 4.69) is 108 Å². The van der Waals surface area contributed by atoms with Crippen molar-refractivity contribution in [3.05, 3.63) is 126 Å². The van der Waals surface area contributed by atoms with Gasteiger partial charge in [0.15, 0.2) is 0 Å². The van der Waals surface area contributed by atoms with Crippen LogP contribution in [-0.4, -0.2) is 4.57 Å². The van der Waals surface area contributed by atoms with Crippen molar-refractivity contribution in [3.8, 4) is 27.9 Å². The van der Waals surface area contributed by atoms with Crippen LogP contribution in [0.15, 0.2) is 121 Å². The van der Waals surface area contributed by atoms with E-state index in [9.17, 15) is 0 Å². The summed E-state index contributed by atoms with van der Waals surface area (Å²) in [5, 5.41) is 3.29. The van der Waals surface area contributed by atoms with E-state index in [0.29, 0.717) is 0 Å². The van der Waals surface area contributed by atoms with E-state index in [4.69, 9.17) is 11.6 Å². The first-order valence-electron chi connectivity index (χ1n) is 10.7. The van der Waals surface area contributed by atoms with Crippen LogP contribution in [0.3, 0.4) is 0 Å². The predicted octanol–water partition coefficient (Wildman–Crippen LogP) is 8.77. The van der Waals surface area contributed by atoms with Crippen molar-refractivity contribution in [2.24, 2.45) is 0 Å². The zero-order chi connectivity index (χ0) is 21.5. The molecule has 1 aromatic heterocycles. The first kappa shape index (κ1) is 18.9. The smallest absolute Gasteiger partial charge is 0.0541 e. The number of fused-ring (bicyclic) bond motifs is 3. The second kappa shape index (κ2) is 7.71. The van der Waals surface area contributed by atoms with Crippen molar-refractivity contribution < 1.29 is 0 Å². The molecule has 1 nitrogen and oxygen atoms in total. The standard InChI is InChI=1S/C30H20ClN/c31-25-8-6-7-23(19-25)21-13-15-22(16-14-21)24-17-18-30-28(20-24)27-11-4-5-12-29(27)32(30)26-9-2-1-3-10-26/h1-20H. The molecule has 32 heavy (non-hydrogen) atoms. The Balaban J connectivity index is 1.48. The van der Waals surface area contributed by atoms with Gasteiger partial charge in [0.05, 0.1) is 11.0 Å². The van der Waals surface area contributed by atoms with Gasteiger partial charge in [-0.3, -0.25) is 0 Å². The number of hydrogen-bond acceptors (Lipinski definition) is 0. The average molecular weight is 430 g/mol. The maximum absolute atomic E-state index is 6.17. The van der Waals surface area contributed by atoms with Crippen molar-refractivity contribution >= 4 is 33.4 Å². The fraction of sp³-hybridized carbons (Fsp3) is 0. The van der Waals surface area contributed by atoms with Gasteiger partial charge in [0.1, 0.15) is 0 Å². The molecular weight excluding hydrogens is 410 g/mol. The molecular formula is C30H20ClN. The minimum Gasteiger partial charge on any atom is -0.309 e. The van der Waals surface area contributed by atoms with E-state index in [1.165, 1.54) is 38.6 Å². The number of para-hydroxylation sites is 2. The average Bonchev–Trinajstić information content (AvgIpc) is 3.18. The van der Waals surface area contributed by atoms with Crippen molar-refractivity contribution in [3.63, 3.8) is 0 Å². The van der Waals surface area contributed by atoms with Crippen molar-refractivity contribution in [2.75, 3.05) is 0 Å². The van der Waals surface area contributed by atoms with Crippen molar-refractivity contribution in [2.45, 2.75) is 0 Å². The van der Waals surface area contributed by atoms with E-state index >= 15 is 0 Å². The summed E-state index contributed by atoms with van der Waals surface area (Å²) in [5.41, 5.74) is 8.33. The minimum absolute atomic E-state index is 0.756. The number of benzene rings is 5. The third kappa shape index (κ3) is 3.19. The Kier molecular flexibility index (Phi) is 4.56. The van der Waals surface area contributed by atoms with Gasteiger partial charge >= 0.3 is 0 Å². The van der Waals surface area contributed by atoms with Gasteiger partial charge in [0, 0.05) is 21.5 Å². The lowest BCUT2D eigenvalue weighted by Crippen LogP contribution is -1.92. The summed E-state index contributed by atoms with van der Waals surface area (Å²) in [6.07, 6.45) is 0. The maximum Gasteiger partial charge on any atom is 0.0541 e. The van der Waals surface area contributed by atoms with Crippen LogP contribution in [0.1, 0.15) is 0 Å². The number of rotatable bonds is 3. The van der Waals surface area contributed by atoms with Gasteiger partial charge in [-0.25, -0.2) is 0 Å². The molecule has 0 saturated carbocycles. The molecule has 0 spiro atoms. The number of halogens is 1. The largest absolute Gasteiger partial charge is 0.309 e. The van der Waals surface area contributed by atoms with E-state index in [1.54, 1.807) is 0 Å².